The monoisotopic (exact) mass is 412 g/mol. The van der Waals surface area contributed by atoms with E-state index < -0.39 is 12.1 Å². The first kappa shape index (κ1) is 21.4. The van der Waals surface area contributed by atoms with Crippen molar-refractivity contribution in [2.45, 2.75) is 43.1 Å². The lowest BCUT2D eigenvalue weighted by atomic mass is 9.98. The summed E-state index contributed by atoms with van der Waals surface area (Å²) >= 11 is 7.08. The smallest absolute Gasteiger partial charge is 0.347 e. The molecule has 0 unspecified atom stereocenters. The predicted octanol–water partition coefficient (Wildman–Crippen LogP) is 4.38. The van der Waals surface area contributed by atoms with Crippen LogP contribution in [0.3, 0.4) is 0 Å². The van der Waals surface area contributed by atoms with E-state index in [1.807, 2.05) is 6.07 Å². The van der Waals surface area contributed by atoms with Gasteiger partial charge in [0.25, 0.3) is 0 Å². The van der Waals surface area contributed by atoms with E-state index in [9.17, 15) is 9.59 Å². The van der Waals surface area contributed by atoms with E-state index in [4.69, 9.17) is 16.3 Å². The summed E-state index contributed by atoms with van der Waals surface area (Å²) in [7, 11) is 4.72. The molecule has 0 aromatic heterocycles. The van der Waals surface area contributed by atoms with Crippen molar-refractivity contribution in [3.63, 3.8) is 0 Å². The molecule has 1 aliphatic carbocycles. The Bertz CT molecular complexity index is 693. The Labute approximate surface area is 169 Å². The summed E-state index contributed by atoms with van der Waals surface area (Å²) in [5.74, 6) is 0. The average molecular weight is 413 g/mol. The molecule has 0 aliphatic heterocycles. The van der Waals surface area contributed by atoms with Gasteiger partial charge in [-0.1, -0.05) is 24.1 Å². The minimum atomic E-state index is -0.483. The van der Waals surface area contributed by atoms with Crippen LogP contribution >= 0.6 is 23.5 Å². The van der Waals surface area contributed by atoms with Crippen LogP contribution in [0.2, 0.25) is 5.02 Å². The number of hydrogen-bond donors (Lipinski definition) is 1. The van der Waals surface area contributed by atoms with Crippen molar-refractivity contribution in [2.75, 3.05) is 21.1 Å². The van der Waals surface area contributed by atoms with Crippen LogP contribution in [-0.4, -0.2) is 55.1 Å². The minimum Gasteiger partial charge on any atom is -0.461 e. The van der Waals surface area contributed by atoms with Gasteiger partial charge in [-0.25, -0.2) is 9.59 Å². The van der Waals surface area contributed by atoms with Gasteiger partial charge in [0, 0.05) is 31.1 Å². The van der Waals surface area contributed by atoms with Gasteiger partial charge in [-0.2, -0.15) is 0 Å². The SMILES string of the molecule is CN(C)C(=O)N=C(OC1CCCCC1)N(C)C(=O)NSc1cccc(Cl)c1. The number of nitrogens with zero attached hydrogens (tertiary/aromatic N) is 3. The number of nitrogens with one attached hydrogen (secondary N) is 1. The fourth-order valence-electron chi connectivity index (χ4n) is 2.48. The molecule has 1 saturated carbocycles. The van der Waals surface area contributed by atoms with E-state index in [1.54, 1.807) is 32.3 Å². The highest BCUT2D eigenvalue weighted by Crippen LogP contribution is 2.22. The van der Waals surface area contributed by atoms with E-state index in [0.29, 0.717) is 5.02 Å². The maximum absolute atomic E-state index is 12.5. The van der Waals surface area contributed by atoms with Gasteiger partial charge in [0.2, 0.25) is 0 Å². The fourth-order valence-corrected chi connectivity index (χ4v) is 3.41. The molecule has 0 saturated heterocycles. The Balaban J connectivity index is 2.05. The van der Waals surface area contributed by atoms with Crippen LogP contribution in [0.4, 0.5) is 9.59 Å². The highest BCUT2D eigenvalue weighted by Gasteiger charge is 2.24. The first-order chi connectivity index (χ1) is 12.9. The highest BCUT2D eigenvalue weighted by atomic mass is 35.5. The summed E-state index contributed by atoms with van der Waals surface area (Å²) in [5.41, 5.74) is 0. The third-order valence-corrected chi connectivity index (χ3v) is 5.04. The molecule has 1 aromatic carbocycles. The molecule has 2 rings (SSSR count). The molecule has 148 valence electrons. The van der Waals surface area contributed by atoms with Gasteiger partial charge in [-0.05, 0) is 55.8 Å². The molecular weight excluding hydrogens is 388 g/mol. The molecule has 1 aliphatic rings. The quantitative estimate of drug-likeness (QED) is 0.454. The minimum absolute atomic E-state index is 0.00444. The number of carbonyl (C=O) groups excluding carboxylic acids is 2. The van der Waals surface area contributed by atoms with Crippen LogP contribution in [0, 0.1) is 0 Å². The molecule has 0 radical (unpaired) electrons. The van der Waals surface area contributed by atoms with E-state index >= 15 is 0 Å². The Morgan fingerprint density at radius 3 is 2.56 bits per heavy atom. The lowest BCUT2D eigenvalue weighted by Crippen LogP contribution is -2.42. The van der Waals surface area contributed by atoms with Crippen LogP contribution in [-0.2, 0) is 4.74 Å². The molecule has 0 bridgehead atoms. The van der Waals surface area contributed by atoms with Gasteiger partial charge >= 0.3 is 18.1 Å². The maximum atomic E-state index is 12.5. The van der Waals surface area contributed by atoms with Crippen molar-refractivity contribution in [3.05, 3.63) is 29.3 Å². The molecule has 1 N–H and O–H groups in total. The zero-order chi connectivity index (χ0) is 19.8. The number of hydrogen-bond acceptors (Lipinski definition) is 4. The van der Waals surface area contributed by atoms with Gasteiger partial charge in [-0.15, -0.1) is 4.99 Å². The average Bonchev–Trinajstić information content (AvgIpc) is 2.65. The number of halogens is 1. The third kappa shape index (κ3) is 6.95. The van der Waals surface area contributed by atoms with E-state index in [-0.39, 0.29) is 12.1 Å². The molecular formula is C18H25ClN4O3S. The standard InChI is InChI=1S/C18H25ClN4O3S/c1-22(2)16(24)20-18(26-14-9-5-4-6-10-14)23(3)17(25)21-27-15-11-7-8-13(19)12-15/h7-8,11-12,14H,4-6,9-10H2,1-3H3,(H,21,25). The molecule has 0 spiro atoms. The number of benzene rings is 1. The van der Waals surface area contributed by atoms with Gasteiger partial charge in [0.1, 0.15) is 6.10 Å². The first-order valence-electron chi connectivity index (χ1n) is 8.79. The Morgan fingerprint density at radius 2 is 1.93 bits per heavy atom. The first-order valence-corrected chi connectivity index (χ1v) is 9.99. The fraction of sp³-hybridized carbons (Fsp3) is 0.500. The summed E-state index contributed by atoms with van der Waals surface area (Å²) in [4.78, 5) is 31.8. The molecule has 27 heavy (non-hydrogen) atoms. The lowest BCUT2D eigenvalue weighted by molar-refractivity contribution is 0.120. The predicted molar refractivity (Wildman–Crippen MR) is 108 cm³/mol. The Kier molecular flexibility index (Phi) is 8.24. The molecule has 1 aromatic rings. The number of ether oxygens (including phenoxy) is 1. The second-order valence-corrected chi connectivity index (χ2v) is 7.79. The van der Waals surface area contributed by atoms with E-state index in [1.165, 1.54) is 23.3 Å². The summed E-state index contributed by atoms with van der Waals surface area (Å²) in [6.45, 7) is 0. The van der Waals surface area contributed by atoms with Crippen LogP contribution in [0.15, 0.2) is 34.2 Å². The van der Waals surface area contributed by atoms with Crippen molar-refractivity contribution in [1.82, 2.24) is 14.5 Å². The zero-order valence-electron chi connectivity index (χ0n) is 15.8. The molecule has 0 atom stereocenters. The second kappa shape index (κ2) is 10.4. The summed E-state index contributed by atoms with van der Waals surface area (Å²) in [6, 6.07) is 6.22. The molecule has 4 amide bonds. The largest absolute Gasteiger partial charge is 0.461 e. The van der Waals surface area contributed by atoms with Crippen molar-refractivity contribution in [2.24, 2.45) is 4.99 Å². The van der Waals surface area contributed by atoms with Crippen LogP contribution in [0.5, 0.6) is 0 Å². The second-order valence-electron chi connectivity index (χ2n) is 6.47. The summed E-state index contributed by atoms with van der Waals surface area (Å²) < 4.78 is 8.61. The molecule has 7 nitrogen and oxygen atoms in total. The Hall–Kier alpha value is -1.93. The van der Waals surface area contributed by atoms with Gasteiger partial charge < -0.3 is 9.64 Å². The number of aliphatic imine (C=N–C) groups is 1. The zero-order valence-corrected chi connectivity index (χ0v) is 17.3. The van der Waals surface area contributed by atoms with Gasteiger partial charge in [0.15, 0.2) is 0 Å². The van der Waals surface area contributed by atoms with Crippen LogP contribution in [0.1, 0.15) is 32.1 Å². The normalized spacial score (nSPS) is 15.2. The maximum Gasteiger partial charge on any atom is 0.347 e. The van der Waals surface area contributed by atoms with Gasteiger partial charge in [0.05, 0.1) is 0 Å². The number of amidine groups is 1. The summed E-state index contributed by atoms with van der Waals surface area (Å²) in [6.07, 6.45) is 5.06. The van der Waals surface area contributed by atoms with Crippen molar-refractivity contribution in [1.29, 1.82) is 0 Å². The van der Waals surface area contributed by atoms with Crippen LogP contribution in [0.25, 0.3) is 0 Å². The molecule has 9 heteroatoms. The molecule has 1 fully saturated rings. The van der Waals surface area contributed by atoms with Gasteiger partial charge in [-0.3, -0.25) is 9.62 Å². The molecule has 0 heterocycles. The van der Waals surface area contributed by atoms with Crippen LogP contribution < -0.4 is 4.72 Å². The summed E-state index contributed by atoms with van der Waals surface area (Å²) in [5, 5.41) is 0.585. The van der Waals surface area contributed by atoms with E-state index in [2.05, 4.69) is 9.71 Å². The van der Waals surface area contributed by atoms with Crippen molar-refractivity contribution < 1.29 is 14.3 Å². The van der Waals surface area contributed by atoms with E-state index in [0.717, 1.165) is 42.5 Å². The van der Waals surface area contributed by atoms with Crippen molar-refractivity contribution >= 4 is 41.6 Å². The number of carbonyl (C=O) groups is 2. The number of urea groups is 2. The third-order valence-electron chi connectivity index (χ3n) is 4.04. The number of amides is 4. The lowest BCUT2D eigenvalue weighted by Gasteiger charge is -2.27. The van der Waals surface area contributed by atoms with Crippen molar-refractivity contribution in [3.8, 4) is 0 Å². The number of rotatable bonds is 3. The highest BCUT2D eigenvalue weighted by molar-refractivity contribution is 7.98. The Morgan fingerprint density at radius 1 is 1.22 bits per heavy atom. The topological polar surface area (TPSA) is 74.2 Å².